The van der Waals surface area contributed by atoms with Crippen LogP contribution in [0.2, 0.25) is 0 Å². The van der Waals surface area contributed by atoms with E-state index in [1.807, 2.05) is 0 Å². The lowest BCUT2D eigenvalue weighted by Gasteiger charge is -2.47. The molecule has 4 rings (SSSR count). The van der Waals surface area contributed by atoms with Crippen molar-refractivity contribution in [3.8, 4) is 0 Å². The summed E-state index contributed by atoms with van der Waals surface area (Å²) in [5, 5.41) is 3.45. The number of carbonyl (C=O) groups is 1. The van der Waals surface area contributed by atoms with Gasteiger partial charge in [0.1, 0.15) is 17.2 Å². The van der Waals surface area contributed by atoms with Crippen LogP contribution in [-0.2, 0) is 0 Å². The number of aromatic amines is 1. The van der Waals surface area contributed by atoms with Gasteiger partial charge in [-0.3, -0.25) is 4.79 Å². The Morgan fingerprint density at radius 1 is 1.32 bits per heavy atom. The van der Waals surface area contributed by atoms with E-state index < -0.39 is 0 Å². The Morgan fingerprint density at radius 2 is 2.09 bits per heavy atom. The average Bonchev–Trinajstić information content (AvgIpc) is 2.92. The van der Waals surface area contributed by atoms with Gasteiger partial charge in [0.25, 0.3) is 5.91 Å². The minimum Gasteiger partial charge on any atom is -0.348 e. The number of rotatable bonds is 2. The first-order valence-corrected chi connectivity index (χ1v) is 8.09. The van der Waals surface area contributed by atoms with Gasteiger partial charge in [0.2, 0.25) is 0 Å². The zero-order chi connectivity index (χ0) is 15.2. The molecule has 22 heavy (non-hydrogen) atoms. The van der Waals surface area contributed by atoms with Crippen LogP contribution in [0.3, 0.4) is 0 Å². The lowest BCUT2D eigenvalue weighted by molar-refractivity contribution is 0.0601. The summed E-state index contributed by atoms with van der Waals surface area (Å²) in [7, 11) is 0. The molecule has 0 aliphatic heterocycles. The second kappa shape index (κ2) is 5.07. The molecule has 0 unspecified atom stereocenters. The third-order valence-electron chi connectivity index (χ3n) is 5.52. The zero-order valence-electron chi connectivity index (χ0n) is 12.5. The lowest BCUT2D eigenvalue weighted by Crippen LogP contribution is -2.43. The Bertz CT molecular complexity index is 710. The van der Waals surface area contributed by atoms with E-state index in [0.29, 0.717) is 22.1 Å². The number of halogens is 1. The SMILES string of the molecule is O=C(NC1CCC2(CCC2)CC1)c1cc2c(F)ccnc2[nH]1. The number of pyridine rings is 1. The minimum absolute atomic E-state index is 0.160. The molecule has 2 saturated carbocycles. The molecule has 2 aliphatic rings. The average molecular weight is 301 g/mol. The monoisotopic (exact) mass is 301 g/mol. The Morgan fingerprint density at radius 3 is 2.73 bits per heavy atom. The van der Waals surface area contributed by atoms with Crippen molar-refractivity contribution in [2.45, 2.75) is 51.0 Å². The summed E-state index contributed by atoms with van der Waals surface area (Å²) in [6.45, 7) is 0. The summed E-state index contributed by atoms with van der Waals surface area (Å²) >= 11 is 0. The predicted octanol–water partition coefficient (Wildman–Crippen LogP) is 3.54. The van der Waals surface area contributed by atoms with Crippen molar-refractivity contribution in [2.75, 3.05) is 0 Å². The highest BCUT2D eigenvalue weighted by Gasteiger charge is 2.40. The van der Waals surface area contributed by atoms with Crippen LogP contribution in [0.25, 0.3) is 11.0 Å². The van der Waals surface area contributed by atoms with E-state index in [4.69, 9.17) is 0 Å². The fourth-order valence-electron chi connectivity index (χ4n) is 3.93. The number of nitrogens with one attached hydrogen (secondary N) is 2. The van der Waals surface area contributed by atoms with Crippen molar-refractivity contribution in [1.29, 1.82) is 0 Å². The van der Waals surface area contributed by atoms with Gasteiger partial charge in [-0.2, -0.15) is 0 Å². The molecule has 2 aliphatic carbocycles. The van der Waals surface area contributed by atoms with Gasteiger partial charge < -0.3 is 10.3 Å². The van der Waals surface area contributed by atoms with Crippen LogP contribution in [0.4, 0.5) is 4.39 Å². The smallest absolute Gasteiger partial charge is 0.267 e. The summed E-state index contributed by atoms with van der Waals surface area (Å²) in [5.74, 6) is -0.517. The molecule has 4 nitrogen and oxygen atoms in total. The van der Waals surface area contributed by atoms with Crippen LogP contribution in [0.15, 0.2) is 18.3 Å². The standard InChI is InChI=1S/C17H20FN3O/c18-13-4-9-19-15-12(13)10-14(21-15)16(22)20-11-2-7-17(8-3-11)5-1-6-17/h4,9-11H,1-3,5-8H2,(H,19,21)(H,20,22). The van der Waals surface area contributed by atoms with Crippen LogP contribution >= 0.6 is 0 Å². The highest BCUT2D eigenvalue weighted by atomic mass is 19.1. The third-order valence-corrected chi connectivity index (χ3v) is 5.52. The van der Waals surface area contributed by atoms with Gasteiger partial charge in [0, 0.05) is 12.2 Å². The van der Waals surface area contributed by atoms with E-state index in [1.165, 1.54) is 44.4 Å². The molecule has 5 heteroatoms. The molecule has 0 aromatic carbocycles. The molecule has 2 aromatic heterocycles. The molecule has 2 heterocycles. The quantitative estimate of drug-likeness (QED) is 0.891. The van der Waals surface area contributed by atoms with Gasteiger partial charge in [-0.15, -0.1) is 0 Å². The van der Waals surface area contributed by atoms with E-state index >= 15 is 0 Å². The second-order valence-corrected chi connectivity index (χ2v) is 6.84. The summed E-state index contributed by atoms with van der Waals surface area (Å²) < 4.78 is 13.7. The van der Waals surface area contributed by atoms with Gasteiger partial charge in [0.15, 0.2) is 0 Å². The molecule has 0 saturated heterocycles. The number of nitrogens with zero attached hydrogens (tertiary/aromatic N) is 1. The first-order chi connectivity index (χ1) is 10.7. The Hall–Kier alpha value is -1.91. The number of H-pyrrole nitrogens is 1. The Labute approximate surface area is 128 Å². The fraction of sp³-hybridized carbons (Fsp3) is 0.529. The van der Waals surface area contributed by atoms with Crippen molar-refractivity contribution >= 4 is 16.9 Å². The van der Waals surface area contributed by atoms with E-state index in [2.05, 4.69) is 15.3 Å². The molecule has 0 bridgehead atoms. The first kappa shape index (κ1) is 13.7. The predicted molar refractivity (Wildman–Crippen MR) is 82.1 cm³/mol. The summed E-state index contributed by atoms with van der Waals surface area (Å²) in [6.07, 6.45) is 10.0. The number of hydrogen-bond acceptors (Lipinski definition) is 2. The van der Waals surface area contributed by atoms with Crippen molar-refractivity contribution in [3.63, 3.8) is 0 Å². The maximum atomic E-state index is 13.7. The van der Waals surface area contributed by atoms with E-state index in [9.17, 15) is 9.18 Å². The molecule has 0 radical (unpaired) electrons. The maximum absolute atomic E-state index is 13.7. The Balaban J connectivity index is 1.44. The van der Waals surface area contributed by atoms with Crippen LogP contribution < -0.4 is 5.32 Å². The van der Waals surface area contributed by atoms with E-state index in [0.717, 1.165) is 12.8 Å². The molecule has 116 valence electrons. The zero-order valence-corrected chi connectivity index (χ0v) is 12.5. The molecular weight excluding hydrogens is 281 g/mol. The van der Waals surface area contributed by atoms with Crippen molar-refractivity contribution in [3.05, 3.63) is 29.8 Å². The molecule has 1 spiro atoms. The summed E-state index contributed by atoms with van der Waals surface area (Å²) in [5.41, 5.74) is 1.40. The fourth-order valence-corrected chi connectivity index (χ4v) is 3.93. The van der Waals surface area contributed by atoms with Crippen LogP contribution in [0, 0.1) is 11.2 Å². The molecule has 1 amide bonds. The van der Waals surface area contributed by atoms with Gasteiger partial charge in [-0.05, 0) is 56.1 Å². The maximum Gasteiger partial charge on any atom is 0.267 e. The topological polar surface area (TPSA) is 57.8 Å². The number of fused-ring (bicyclic) bond motifs is 1. The van der Waals surface area contributed by atoms with Crippen molar-refractivity contribution in [2.24, 2.45) is 5.41 Å². The van der Waals surface area contributed by atoms with Gasteiger partial charge in [-0.25, -0.2) is 9.37 Å². The van der Waals surface area contributed by atoms with E-state index in [1.54, 1.807) is 6.07 Å². The number of amides is 1. The minimum atomic E-state index is -0.357. The largest absolute Gasteiger partial charge is 0.348 e. The first-order valence-electron chi connectivity index (χ1n) is 8.09. The molecular formula is C17H20FN3O. The normalized spacial score (nSPS) is 21.0. The molecule has 2 N–H and O–H groups in total. The number of aromatic nitrogens is 2. The lowest BCUT2D eigenvalue weighted by atomic mass is 9.60. The van der Waals surface area contributed by atoms with Gasteiger partial charge in [0.05, 0.1) is 5.39 Å². The molecule has 2 aromatic rings. The number of carbonyl (C=O) groups excluding carboxylic acids is 1. The van der Waals surface area contributed by atoms with Gasteiger partial charge >= 0.3 is 0 Å². The van der Waals surface area contributed by atoms with Gasteiger partial charge in [-0.1, -0.05) is 6.42 Å². The third kappa shape index (κ3) is 2.28. The Kier molecular flexibility index (Phi) is 3.17. The van der Waals surface area contributed by atoms with Crippen molar-refractivity contribution < 1.29 is 9.18 Å². The van der Waals surface area contributed by atoms with Crippen LogP contribution in [0.1, 0.15) is 55.4 Å². The van der Waals surface area contributed by atoms with Crippen LogP contribution in [-0.4, -0.2) is 21.9 Å². The summed E-state index contributed by atoms with van der Waals surface area (Å²) in [6, 6.07) is 3.09. The second-order valence-electron chi connectivity index (χ2n) is 6.84. The van der Waals surface area contributed by atoms with Crippen molar-refractivity contribution in [1.82, 2.24) is 15.3 Å². The molecule has 2 fully saturated rings. The summed E-state index contributed by atoms with van der Waals surface area (Å²) in [4.78, 5) is 19.3. The van der Waals surface area contributed by atoms with E-state index in [-0.39, 0.29) is 17.8 Å². The van der Waals surface area contributed by atoms with Crippen LogP contribution in [0.5, 0.6) is 0 Å². The number of hydrogen-bond donors (Lipinski definition) is 2. The highest BCUT2D eigenvalue weighted by Crippen LogP contribution is 2.51. The highest BCUT2D eigenvalue weighted by molar-refractivity contribution is 5.97. The molecule has 0 atom stereocenters.